The Hall–Kier alpha value is -1.24. The molecule has 0 spiro atoms. The Morgan fingerprint density at radius 2 is 2.00 bits per heavy atom. The van der Waals surface area contributed by atoms with E-state index in [1.807, 2.05) is 0 Å². The van der Waals surface area contributed by atoms with Crippen molar-refractivity contribution in [3.8, 4) is 0 Å². The van der Waals surface area contributed by atoms with Gasteiger partial charge in [0.1, 0.15) is 11.6 Å². The fourth-order valence-corrected chi connectivity index (χ4v) is 2.26. The van der Waals surface area contributed by atoms with Gasteiger partial charge in [0, 0.05) is 38.3 Å². The first-order chi connectivity index (χ1) is 9.56. The van der Waals surface area contributed by atoms with Crippen molar-refractivity contribution < 1.29 is 13.6 Å². The van der Waals surface area contributed by atoms with Crippen LogP contribution in [0.1, 0.15) is 5.56 Å². The summed E-state index contributed by atoms with van der Waals surface area (Å²) in [4.78, 5) is 15.5. The maximum Gasteiger partial charge on any atom is 0.236 e. The van der Waals surface area contributed by atoms with Crippen LogP contribution < -0.4 is 5.32 Å². The summed E-state index contributed by atoms with van der Waals surface area (Å²) in [6.45, 7) is 3.40. The Labute approximate surface area is 129 Å². The summed E-state index contributed by atoms with van der Waals surface area (Å²) in [7, 11) is 1.73. The molecule has 2 rings (SSSR count). The van der Waals surface area contributed by atoms with Gasteiger partial charge in [0.25, 0.3) is 0 Å². The first-order valence-electron chi connectivity index (χ1n) is 6.67. The monoisotopic (exact) mass is 319 g/mol. The van der Waals surface area contributed by atoms with Crippen LogP contribution in [0.5, 0.6) is 0 Å². The second kappa shape index (κ2) is 8.26. The van der Waals surface area contributed by atoms with Gasteiger partial charge in [-0.2, -0.15) is 0 Å². The first-order valence-corrected chi connectivity index (χ1v) is 6.67. The van der Waals surface area contributed by atoms with E-state index in [-0.39, 0.29) is 37.0 Å². The van der Waals surface area contributed by atoms with Crippen LogP contribution in [0, 0.1) is 11.6 Å². The number of halogens is 3. The Morgan fingerprint density at radius 3 is 2.67 bits per heavy atom. The molecule has 1 N–H and O–H groups in total. The van der Waals surface area contributed by atoms with Gasteiger partial charge in [0.15, 0.2) is 0 Å². The molecule has 4 nitrogen and oxygen atoms in total. The Kier molecular flexibility index (Phi) is 7.01. The van der Waals surface area contributed by atoms with E-state index in [1.54, 1.807) is 16.8 Å². The van der Waals surface area contributed by atoms with Crippen LogP contribution in [0.15, 0.2) is 18.2 Å². The zero-order valence-corrected chi connectivity index (χ0v) is 12.8. The van der Waals surface area contributed by atoms with Gasteiger partial charge in [-0.15, -0.1) is 12.4 Å². The lowest BCUT2D eigenvalue weighted by molar-refractivity contribution is -0.132. The second-order valence-corrected chi connectivity index (χ2v) is 5.04. The van der Waals surface area contributed by atoms with E-state index in [2.05, 4.69) is 5.32 Å². The molecule has 0 radical (unpaired) electrons. The van der Waals surface area contributed by atoms with Crippen molar-refractivity contribution in [2.45, 2.75) is 6.54 Å². The van der Waals surface area contributed by atoms with Gasteiger partial charge in [-0.05, 0) is 25.2 Å². The fraction of sp³-hybridized carbons (Fsp3) is 0.500. The Morgan fingerprint density at radius 1 is 1.33 bits per heavy atom. The number of hydrogen-bond donors (Lipinski definition) is 1. The predicted molar refractivity (Wildman–Crippen MR) is 79.4 cm³/mol. The van der Waals surface area contributed by atoms with Gasteiger partial charge >= 0.3 is 0 Å². The number of benzene rings is 1. The van der Waals surface area contributed by atoms with Crippen LogP contribution in [0.25, 0.3) is 0 Å². The van der Waals surface area contributed by atoms with E-state index in [0.29, 0.717) is 13.1 Å². The lowest BCUT2D eigenvalue weighted by atomic mass is 10.2. The van der Waals surface area contributed by atoms with Crippen LogP contribution in [-0.4, -0.2) is 55.5 Å². The standard InChI is InChI=1S/C14H19F2N3O.ClH/c1-18(9-11-8-12(15)2-3-13(11)16)10-14(20)19-6-4-17-5-7-19;/h2-3,8,17H,4-7,9-10H2,1H3;1H. The summed E-state index contributed by atoms with van der Waals surface area (Å²) in [6, 6.07) is 3.36. The normalized spacial score (nSPS) is 15.0. The molecular formula is C14H20ClF2N3O. The molecular weight excluding hydrogens is 300 g/mol. The smallest absolute Gasteiger partial charge is 0.236 e. The molecule has 1 aliphatic heterocycles. The molecule has 0 aliphatic carbocycles. The van der Waals surface area contributed by atoms with Gasteiger partial charge in [0.2, 0.25) is 5.91 Å². The van der Waals surface area contributed by atoms with Gasteiger partial charge in [0.05, 0.1) is 6.54 Å². The number of carbonyl (C=O) groups excluding carboxylic acids is 1. The number of carbonyl (C=O) groups is 1. The zero-order chi connectivity index (χ0) is 14.5. The largest absolute Gasteiger partial charge is 0.339 e. The molecule has 0 saturated carbocycles. The quantitative estimate of drug-likeness (QED) is 0.907. The van der Waals surface area contributed by atoms with Crippen molar-refractivity contribution in [1.82, 2.24) is 15.1 Å². The fourth-order valence-electron chi connectivity index (χ4n) is 2.26. The summed E-state index contributed by atoms with van der Waals surface area (Å²) >= 11 is 0. The number of likely N-dealkylation sites (N-methyl/N-ethyl adjacent to an activating group) is 1. The topological polar surface area (TPSA) is 35.6 Å². The maximum absolute atomic E-state index is 13.5. The SMILES string of the molecule is CN(CC(=O)N1CCNCC1)Cc1cc(F)ccc1F.Cl. The molecule has 1 amide bonds. The molecule has 1 saturated heterocycles. The van der Waals surface area contributed by atoms with Crippen LogP contribution >= 0.6 is 12.4 Å². The van der Waals surface area contributed by atoms with Crippen molar-refractivity contribution >= 4 is 18.3 Å². The Bertz CT molecular complexity index is 481. The minimum Gasteiger partial charge on any atom is -0.339 e. The van der Waals surface area contributed by atoms with Crippen molar-refractivity contribution in [3.63, 3.8) is 0 Å². The van der Waals surface area contributed by atoms with Gasteiger partial charge < -0.3 is 10.2 Å². The molecule has 7 heteroatoms. The molecule has 1 aliphatic rings. The van der Waals surface area contributed by atoms with Crippen LogP contribution in [0.2, 0.25) is 0 Å². The minimum absolute atomic E-state index is 0. The lowest BCUT2D eigenvalue weighted by Crippen LogP contribution is -2.49. The molecule has 1 heterocycles. The van der Waals surface area contributed by atoms with E-state index < -0.39 is 11.6 Å². The van der Waals surface area contributed by atoms with Crippen molar-refractivity contribution in [1.29, 1.82) is 0 Å². The third-order valence-electron chi connectivity index (χ3n) is 3.32. The van der Waals surface area contributed by atoms with Gasteiger partial charge in [-0.1, -0.05) is 0 Å². The van der Waals surface area contributed by atoms with Crippen molar-refractivity contribution in [2.24, 2.45) is 0 Å². The molecule has 1 fully saturated rings. The molecule has 1 aromatic carbocycles. The van der Waals surface area contributed by atoms with Crippen LogP contribution in [0.4, 0.5) is 8.78 Å². The molecule has 0 atom stereocenters. The maximum atomic E-state index is 13.5. The number of piperazine rings is 1. The summed E-state index contributed by atoms with van der Waals surface area (Å²) in [6.07, 6.45) is 0. The van der Waals surface area contributed by atoms with Crippen molar-refractivity contribution in [2.75, 3.05) is 39.8 Å². The molecule has 118 valence electrons. The zero-order valence-electron chi connectivity index (χ0n) is 11.9. The molecule has 1 aromatic rings. The number of rotatable bonds is 4. The highest BCUT2D eigenvalue weighted by Gasteiger charge is 2.18. The Balaban J connectivity index is 0.00000220. The lowest BCUT2D eigenvalue weighted by Gasteiger charge is -2.29. The second-order valence-electron chi connectivity index (χ2n) is 5.04. The summed E-state index contributed by atoms with van der Waals surface area (Å²) in [5.74, 6) is -0.901. The third-order valence-corrected chi connectivity index (χ3v) is 3.32. The highest BCUT2D eigenvalue weighted by Crippen LogP contribution is 2.11. The van der Waals surface area contributed by atoms with E-state index in [4.69, 9.17) is 0 Å². The van der Waals surface area contributed by atoms with E-state index in [9.17, 15) is 13.6 Å². The number of nitrogens with zero attached hydrogens (tertiary/aromatic N) is 2. The average Bonchev–Trinajstić information content (AvgIpc) is 2.43. The molecule has 0 bridgehead atoms. The van der Waals surface area contributed by atoms with E-state index in [0.717, 1.165) is 25.2 Å². The number of amides is 1. The van der Waals surface area contributed by atoms with Crippen LogP contribution in [-0.2, 0) is 11.3 Å². The number of hydrogen-bond acceptors (Lipinski definition) is 3. The highest BCUT2D eigenvalue weighted by molar-refractivity contribution is 5.85. The van der Waals surface area contributed by atoms with Gasteiger partial charge in [-0.25, -0.2) is 8.78 Å². The third kappa shape index (κ3) is 5.22. The summed E-state index contributed by atoms with van der Waals surface area (Å²) in [5, 5.41) is 3.18. The van der Waals surface area contributed by atoms with E-state index in [1.165, 1.54) is 6.07 Å². The van der Waals surface area contributed by atoms with Gasteiger partial charge in [-0.3, -0.25) is 9.69 Å². The number of nitrogens with one attached hydrogen (secondary N) is 1. The summed E-state index contributed by atoms with van der Waals surface area (Å²) < 4.78 is 26.6. The predicted octanol–water partition coefficient (Wildman–Crippen LogP) is 1.25. The molecule has 0 unspecified atom stereocenters. The summed E-state index contributed by atoms with van der Waals surface area (Å²) in [5.41, 5.74) is 0.264. The molecule has 21 heavy (non-hydrogen) atoms. The first kappa shape index (κ1) is 17.8. The van der Waals surface area contributed by atoms with Crippen LogP contribution in [0.3, 0.4) is 0 Å². The van der Waals surface area contributed by atoms with E-state index >= 15 is 0 Å². The average molecular weight is 320 g/mol. The highest BCUT2D eigenvalue weighted by atomic mass is 35.5. The molecule has 0 aromatic heterocycles. The minimum atomic E-state index is -0.469. The van der Waals surface area contributed by atoms with Crippen molar-refractivity contribution in [3.05, 3.63) is 35.4 Å².